The van der Waals surface area contributed by atoms with Crippen LogP contribution in [0.5, 0.6) is 0 Å². The number of hydrogen-bond acceptors (Lipinski definition) is 4. The Morgan fingerprint density at radius 3 is 2.94 bits per heavy atom. The van der Waals surface area contributed by atoms with Gasteiger partial charge in [-0.2, -0.15) is 11.8 Å². The van der Waals surface area contributed by atoms with Crippen molar-refractivity contribution < 1.29 is 9.53 Å². The van der Waals surface area contributed by atoms with Crippen molar-refractivity contribution in [3.8, 4) is 0 Å². The van der Waals surface area contributed by atoms with Crippen LogP contribution in [-0.4, -0.2) is 36.2 Å². The number of carbonyl (C=O) groups is 1. The predicted octanol–water partition coefficient (Wildman–Crippen LogP) is 2.20. The highest BCUT2D eigenvalue weighted by Gasteiger charge is 2.23. The van der Waals surface area contributed by atoms with E-state index in [9.17, 15) is 4.79 Å². The van der Waals surface area contributed by atoms with Crippen LogP contribution in [0.2, 0.25) is 0 Å². The van der Waals surface area contributed by atoms with E-state index in [1.165, 1.54) is 18.6 Å². The van der Waals surface area contributed by atoms with Gasteiger partial charge in [0.25, 0.3) is 0 Å². The normalized spacial score (nSPS) is 22.8. The highest BCUT2D eigenvalue weighted by atomic mass is 32.2. The second-order valence-corrected chi connectivity index (χ2v) is 5.32. The van der Waals surface area contributed by atoms with E-state index in [-0.39, 0.29) is 12.0 Å². The quantitative estimate of drug-likeness (QED) is 0.728. The van der Waals surface area contributed by atoms with E-state index in [2.05, 4.69) is 12.2 Å². The molecule has 1 aliphatic heterocycles. The van der Waals surface area contributed by atoms with Crippen molar-refractivity contribution in [2.45, 2.75) is 51.6 Å². The van der Waals surface area contributed by atoms with Crippen molar-refractivity contribution in [3.05, 3.63) is 0 Å². The van der Waals surface area contributed by atoms with Crippen LogP contribution in [-0.2, 0) is 9.53 Å². The predicted molar refractivity (Wildman–Crippen MR) is 68.8 cm³/mol. The Morgan fingerprint density at radius 2 is 2.38 bits per heavy atom. The maximum atomic E-state index is 11.7. The maximum absolute atomic E-state index is 11.7. The highest BCUT2D eigenvalue weighted by molar-refractivity contribution is 7.99. The molecule has 16 heavy (non-hydrogen) atoms. The van der Waals surface area contributed by atoms with E-state index in [0.29, 0.717) is 12.6 Å². The zero-order valence-corrected chi connectivity index (χ0v) is 11.1. The van der Waals surface area contributed by atoms with Crippen LogP contribution in [0.15, 0.2) is 0 Å². The Bertz CT molecular complexity index is 205. The average Bonchev–Trinajstić information content (AvgIpc) is 2.30. The fraction of sp³-hybridized carbons (Fsp3) is 0.917. The largest absolute Gasteiger partial charge is 0.465 e. The van der Waals surface area contributed by atoms with Gasteiger partial charge in [0, 0.05) is 11.8 Å². The Labute approximate surface area is 103 Å². The number of rotatable bonds is 6. The number of ether oxygens (including phenoxy) is 1. The summed E-state index contributed by atoms with van der Waals surface area (Å²) in [5, 5.41) is 3.45. The minimum absolute atomic E-state index is 0.0834. The molecule has 0 aromatic carbocycles. The Balaban J connectivity index is 2.39. The lowest BCUT2D eigenvalue weighted by Gasteiger charge is -2.27. The summed E-state index contributed by atoms with van der Waals surface area (Å²) in [5.74, 6) is 2.30. The molecular weight excluding hydrogens is 222 g/mol. The number of esters is 1. The first-order valence-electron chi connectivity index (χ1n) is 6.28. The van der Waals surface area contributed by atoms with Crippen LogP contribution < -0.4 is 5.32 Å². The molecule has 0 aromatic heterocycles. The Hall–Kier alpha value is -0.220. The van der Waals surface area contributed by atoms with Crippen LogP contribution in [0.1, 0.15) is 39.5 Å². The summed E-state index contributed by atoms with van der Waals surface area (Å²) in [6.07, 6.45) is 4.33. The van der Waals surface area contributed by atoms with Gasteiger partial charge in [0.05, 0.1) is 6.61 Å². The zero-order chi connectivity index (χ0) is 11.8. The molecule has 0 aromatic rings. The number of carbonyl (C=O) groups excluding carboxylic acids is 1. The van der Waals surface area contributed by atoms with Gasteiger partial charge in [-0.25, -0.2) is 0 Å². The molecule has 0 spiro atoms. The van der Waals surface area contributed by atoms with E-state index in [4.69, 9.17) is 4.74 Å². The van der Waals surface area contributed by atoms with Crippen molar-refractivity contribution in [3.63, 3.8) is 0 Å². The highest BCUT2D eigenvalue weighted by Crippen LogP contribution is 2.18. The summed E-state index contributed by atoms with van der Waals surface area (Å²) in [7, 11) is 0. The summed E-state index contributed by atoms with van der Waals surface area (Å²) in [6.45, 7) is 4.43. The van der Waals surface area contributed by atoms with Gasteiger partial charge in [0.1, 0.15) is 6.04 Å². The minimum Gasteiger partial charge on any atom is -0.465 e. The third-order valence-corrected chi connectivity index (χ3v) is 3.96. The Morgan fingerprint density at radius 1 is 1.56 bits per heavy atom. The average molecular weight is 245 g/mol. The molecule has 3 nitrogen and oxygen atoms in total. The first-order valence-corrected chi connectivity index (χ1v) is 7.43. The van der Waals surface area contributed by atoms with Crippen molar-refractivity contribution in [1.82, 2.24) is 5.32 Å². The minimum atomic E-state index is -0.103. The molecule has 2 atom stereocenters. The zero-order valence-electron chi connectivity index (χ0n) is 10.3. The van der Waals surface area contributed by atoms with Gasteiger partial charge in [-0.1, -0.05) is 13.3 Å². The van der Waals surface area contributed by atoms with E-state index in [1.54, 1.807) is 0 Å². The summed E-state index contributed by atoms with van der Waals surface area (Å²) in [6, 6.07) is 0.383. The molecule has 0 amide bonds. The van der Waals surface area contributed by atoms with E-state index in [0.717, 1.165) is 18.6 Å². The summed E-state index contributed by atoms with van der Waals surface area (Å²) in [5.41, 5.74) is 0. The van der Waals surface area contributed by atoms with Crippen LogP contribution in [0.3, 0.4) is 0 Å². The molecular formula is C12H23NO2S. The van der Waals surface area contributed by atoms with E-state index in [1.807, 2.05) is 18.7 Å². The number of nitrogens with one attached hydrogen (secondary N) is 1. The second-order valence-electron chi connectivity index (χ2n) is 4.17. The van der Waals surface area contributed by atoms with Gasteiger partial charge in [-0.15, -0.1) is 0 Å². The molecule has 0 radical (unpaired) electrons. The molecule has 1 fully saturated rings. The van der Waals surface area contributed by atoms with Crippen LogP contribution in [0.25, 0.3) is 0 Å². The molecule has 2 unspecified atom stereocenters. The number of hydrogen-bond donors (Lipinski definition) is 1. The van der Waals surface area contributed by atoms with Gasteiger partial charge in [0.15, 0.2) is 0 Å². The van der Waals surface area contributed by atoms with Gasteiger partial charge in [-0.3, -0.25) is 4.79 Å². The second kappa shape index (κ2) is 7.96. The lowest BCUT2D eigenvalue weighted by molar-refractivity contribution is -0.146. The van der Waals surface area contributed by atoms with Gasteiger partial charge < -0.3 is 10.1 Å². The van der Waals surface area contributed by atoms with Gasteiger partial charge >= 0.3 is 5.97 Å². The number of thioether (sulfide) groups is 1. The summed E-state index contributed by atoms with van der Waals surface area (Å²) < 4.78 is 5.09. The Kier molecular flexibility index (Phi) is 6.88. The molecule has 1 saturated heterocycles. The molecule has 4 heteroatoms. The molecule has 0 saturated carbocycles. The first-order chi connectivity index (χ1) is 7.77. The molecule has 1 rings (SSSR count). The summed E-state index contributed by atoms with van der Waals surface area (Å²) in [4.78, 5) is 11.7. The van der Waals surface area contributed by atoms with Crippen LogP contribution >= 0.6 is 11.8 Å². The standard InChI is InChI=1S/C12H23NO2S/c1-3-6-11(12(14)15-4-2)13-10-7-5-8-16-9-10/h10-11,13H,3-9H2,1-2H3. The van der Waals surface area contributed by atoms with Gasteiger partial charge in [0.2, 0.25) is 0 Å². The summed E-state index contributed by atoms with van der Waals surface area (Å²) >= 11 is 1.97. The van der Waals surface area contributed by atoms with Crippen LogP contribution in [0.4, 0.5) is 0 Å². The van der Waals surface area contributed by atoms with Crippen molar-refractivity contribution in [1.29, 1.82) is 0 Å². The monoisotopic (exact) mass is 245 g/mol. The van der Waals surface area contributed by atoms with E-state index >= 15 is 0 Å². The molecule has 0 bridgehead atoms. The third-order valence-electron chi connectivity index (χ3n) is 2.75. The van der Waals surface area contributed by atoms with Crippen molar-refractivity contribution >= 4 is 17.7 Å². The molecule has 0 aliphatic carbocycles. The van der Waals surface area contributed by atoms with Gasteiger partial charge in [-0.05, 0) is 31.9 Å². The van der Waals surface area contributed by atoms with Crippen molar-refractivity contribution in [2.24, 2.45) is 0 Å². The molecule has 1 heterocycles. The maximum Gasteiger partial charge on any atom is 0.323 e. The molecule has 1 aliphatic rings. The van der Waals surface area contributed by atoms with Crippen LogP contribution in [0, 0.1) is 0 Å². The molecule has 1 N–H and O–H groups in total. The van der Waals surface area contributed by atoms with E-state index < -0.39 is 0 Å². The topological polar surface area (TPSA) is 38.3 Å². The fourth-order valence-electron chi connectivity index (χ4n) is 1.96. The lowest BCUT2D eigenvalue weighted by Crippen LogP contribution is -2.46. The molecule has 94 valence electrons. The first kappa shape index (κ1) is 13.8. The lowest BCUT2D eigenvalue weighted by atomic mass is 10.1. The smallest absolute Gasteiger partial charge is 0.323 e. The third kappa shape index (κ3) is 4.74. The SMILES string of the molecule is CCCC(NC1CCCSC1)C(=O)OCC. The fourth-order valence-corrected chi connectivity index (χ4v) is 3.04. The van der Waals surface area contributed by atoms with Crippen molar-refractivity contribution in [2.75, 3.05) is 18.1 Å².